The fourth-order valence-corrected chi connectivity index (χ4v) is 1.77. The maximum absolute atomic E-state index is 13.8. The second-order valence-electron chi connectivity index (χ2n) is 4.38. The SMILES string of the molecule is CC(=O)c1ccc(OCc2cccc([N+](=O)[O-])c2F)cc1. The highest BCUT2D eigenvalue weighted by Gasteiger charge is 2.17. The van der Waals surface area contributed by atoms with Gasteiger partial charge in [-0.1, -0.05) is 12.1 Å². The van der Waals surface area contributed by atoms with Crippen molar-refractivity contribution in [3.05, 3.63) is 69.5 Å². The Morgan fingerprint density at radius 2 is 1.90 bits per heavy atom. The zero-order chi connectivity index (χ0) is 15.4. The lowest BCUT2D eigenvalue weighted by Gasteiger charge is -2.07. The molecule has 21 heavy (non-hydrogen) atoms. The van der Waals surface area contributed by atoms with E-state index < -0.39 is 16.4 Å². The number of ketones is 1. The Morgan fingerprint density at radius 3 is 2.48 bits per heavy atom. The minimum atomic E-state index is -0.900. The zero-order valence-electron chi connectivity index (χ0n) is 11.2. The topological polar surface area (TPSA) is 69.4 Å². The molecule has 0 fully saturated rings. The molecule has 108 valence electrons. The highest BCUT2D eigenvalue weighted by molar-refractivity contribution is 5.94. The number of carbonyl (C=O) groups excluding carboxylic acids is 1. The minimum Gasteiger partial charge on any atom is -0.489 e. The van der Waals surface area contributed by atoms with Gasteiger partial charge >= 0.3 is 5.69 Å². The summed E-state index contributed by atoms with van der Waals surface area (Å²) in [6.45, 7) is 1.32. The summed E-state index contributed by atoms with van der Waals surface area (Å²) >= 11 is 0. The third-order valence-corrected chi connectivity index (χ3v) is 2.91. The van der Waals surface area contributed by atoms with Gasteiger partial charge in [-0.3, -0.25) is 14.9 Å². The number of ether oxygens (including phenoxy) is 1. The summed E-state index contributed by atoms with van der Waals surface area (Å²) in [4.78, 5) is 21.0. The Morgan fingerprint density at radius 1 is 1.24 bits per heavy atom. The molecule has 5 nitrogen and oxygen atoms in total. The first-order chi connectivity index (χ1) is 9.99. The number of hydrogen-bond acceptors (Lipinski definition) is 4. The molecular weight excluding hydrogens is 277 g/mol. The van der Waals surface area contributed by atoms with E-state index in [1.54, 1.807) is 24.3 Å². The van der Waals surface area contributed by atoms with Crippen molar-refractivity contribution in [2.75, 3.05) is 0 Å². The normalized spacial score (nSPS) is 10.2. The maximum Gasteiger partial charge on any atom is 0.305 e. The van der Waals surface area contributed by atoms with Crippen LogP contribution in [0.5, 0.6) is 5.75 Å². The third kappa shape index (κ3) is 3.42. The monoisotopic (exact) mass is 289 g/mol. The van der Waals surface area contributed by atoms with Crippen molar-refractivity contribution in [1.82, 2.24) is 0 Å². The largest absolute Gasteiger partial charge is 0.489 e. The molecular formula is C15H12FNO4. The fraction of sp³-hybridized carbons (Fsp3) is 0.133. The predicted molar refractivity (Wildman–Crippen MR) is 73.8 cm³/mol. The molecule has 0 heterocycles. The van der Waals surface area contributed by atoms with Crippen LogP contribution in [0.3, 0.4) is 0 Å². The maximum atomic E-state index is 13.8. The molecule has 0 spiro atoms. The van der Waals surface area contributed by atoms with Crippen molar-refractivity contribution in [3.63, 3.8) is 0 Å². The van der Waals surface area contributed by atoms with Gasteiger partial charge in [0, 0.05) is 17.2 Å². The van der Waals surface area contributed by atoms with Crippen LogP contribution in [0, 0.1) is 15.9 Å². The van der Waals surface area contributed by atoms with Crippen molar-refractivity contribution in [1.29, 1.82) is 0 Å². The fourth-order valence-electron chi connectivity index (χ4n) is 1.77. The summed E-state index contributed by atoms with van der Waals surface area (Å²) < 4.78 is 19.2. The molecule has 2 aromatic rings. The van der Waals surface area contributed by atoms with E-state index in [-0.39, 0.29) is 18.0 Å². The van der Waals surface area contributed by atoms with Crippen LogP contribution in [-0.2, 0) is 6.61 Å². The van der Waals surface area contributed by atoms with E-state index in [1.165, 1.54) is 19.1 Å². The molecule has 0 amide bonds. The molecule has 0 unspecified atom stereocenters. The number of Topliss-reactive ketones (excluding diaryl/α,β-unsaturated/α-hetero) is 1. The van der Waals surface area contributed by atoms with Crippen molar-refractivity contribution < 1.29 is 18.8 Å². The van der Waals surface area contributed by atoms with Gasteiger partial charge in [0.2, 0.25) is 5.82 Å². The van der Waals surface area contributed by atoms with E-state index in [0.29, 0.717) is 11.3 Å². The van der Waals surface area contributed by atoms with E-state index >= 15 is 0 Å². The number of carbonyl (C=O) groups is 1. The number of nitrogens with zero attached hydrogens (tertiary/aromatic N) is 1. The molecule has 0 aromatic heterocycles. The summed E-state index contributed by atoms with van der Waals surface area (Å²) in [5.74, 6) is -0.514. The summed E-state index contributed by atoms with van der Waals surface area (Å²) in [5.41, 5.74) is 0.0618. The quantitative estimate of drug-likeness (QED) is 0.480. The van der Waals surface area contributed by atoms with Gasteiger partial charge in [0.05, 0.1) is 4.92 Å². The number of halogens is 1. The molecule has 0 aliphatic carbocycles. The zero-order valence-corrected chi connectivity index (χ0v) is 11.2. The van der Waals surface area contributed by atoms with Crippen LogP contribution in [0.25, 0.3) is 0 Å². The molecule has 0 saturated heterocycles. The number of hydrogen-bond donors (Lipinski definition) is 0. The highest BCUT2D eigenvalue weighted by Crippen LogP contribution is 2.22. The molecule has 0 saturated carbocycles. The van der Waals surface area contributed by atoms with Crippen LogP contribution in [0.2, 0.25) is 0 Å². The van der Waals surface area contributed by atoms with E-state index in [1.807, 2.05) is 0 Å². The molecule has 2 aromatic carbocycles. The number of benzene rings is 2. The Hall–Kier alpha value is -2.76. The Labute approximate surface area is 120 Å². The van der Waals surface area contributed by atoms with Gasteiger partial charge in [0.15, 0.2) is 5.78 Å². The van der Waals surface area contributed by atoms with Crippen LogP contribution in [0.15, 0.2) is 42.5 Å². The van der Waals surface area contributed by atoms with Crippen molar-refractivity contribution >= 4 is 11.5 Å². The Kier molecular flexibility index (Phi) is 4.27. The van der Waals surface area contributed by atoms with Gasteiger partial charge in [-0.2, -0.15) is 4.39 Å². The second-order valence-corrected chi connectivity index (χ2v) is 4.38. The van der Waals surface area contributed by atoms with Crippen molar-refractivity contribution in [3.8, 4) is 5.75 Å². The smallest absolute Gasteiger partial charge is 0.305 e. The number of nitro benzene ring substituents is 1. The lowest BCUT2D eigenvalue weighted by atomic mass is 10.1. The molecule has 0 bridgehead atoms. The van der Waals surface area contributed by atoms with E-state index in [2.05, 4.69) is 0 Å². The van der Waals surface area contributed by atoms with Gasteiger partial charge in [0.25, 0.3) is 0 Å². The Balaban J connectivity index is 2.11. The first-order valence-corrected chi connectivity index (χ1v) is 6.14. The van der Waals surface area contributed by atoms with Gasteiger partial charge in [-0.15, -0.1) is 0 Å². The van der Waals surface area contributed by atoms with Gasteiger partial charge in [-0.25, -0.2) is 0 Å². The summed E-state index contributed by atoms with van der Waals surface area (Å²) in [6, 6.07) is 10.3. The molecule has 0 atom stereocenters. The lowest BCUT2D eigenvalue weighted by molar-refractivity contribution is -0.387. The minimum absolute atomic E-state index is 0.0636. The standard InChI is InChI=1S/C15H12FNO4/c1-10(18)11-5-7-13(8-6-11)21-9-12-3-2-4-14(15(12)16)17(19)20/h2-8H,9H2,1H3. The van der Waals surface area contributed by atoms with Crippen LogP contribution in [0.1, 0.15) is 22.8 Å². The number of rotatable bonds is 5. The lowest BCUT2D eigenvalue weighted by Crippen LogP contribution is -2.02. The van der Waals surface area contributed by atoms with Crippen LogP contribution in [-0.4, -0.2) is 10.7 Å². The van der Waals surface area contributed by atoms with Gasteiger partial charge in [-0.05, 0) is 31.2 Å². The molecule has 0 N–H and O–H groups in total. The molecule has 6 heteroatoms. The van der Waals surface area contributed by atoms with Gasteiger partial charge in [0.1, 0.15) is 12.4 Å². The van der Waals surface area contributed by atoms with Gasteiger partial charge < -0.3 is 4.74 Å². The van der Waals surface area contributed by atoms with Crippen molar-refractivity contribution in [2.45, 2.75) is 13.5 Å². The first kappa shape index (κ1) is 14.6. The second kappa shape index (κ2) is 6.13. The average molecular weight is 289 g/mol. The highest BCUT2D eigenvalue weighted by atomic mass is 19.1. The van der Waals surface area contributed by atoms with E-state index in [0.717, 1.165) is 6.07 Å². The molecule has 2 rings (SSSR count). The third-order valence-electron chi connectivity index (χ3n) is 2.91. The molecule has 0 aliphatic heterocycles. The molecule has 0 aliphatic rings. The van der Waals surface area contributed by atoms with Crippen LogP contribution < -0.4 is 4.74 Å². The first-order valence-electron chi connectivity index (χ1n) is 6.14. The van der Waals surface area contributed by atoms with Crippen molar-refractivity contribution in [2.24, 2.45) is 0 Å². The molecule has 0 radical (unpaired) electrons. The summed E-state index contributed by atoms with van der Waals surface area (Å²) in [7, 11) is 0. The summed E-state index contributed by atoms with van der Waals surface area (Å²) in [6.07, 6.45) is 0. The van der Waals surface area contributed by atoms with E-state index in [9.17, 15) is 19.3 Å². The average Bonchev–Trinajstić information content (AvgIpc) is 2.46. The summed E-state index contributed by atoms with van der Waals surface area (Å²) in [5, 5.41) is 10.6. The van der Waals surface area contributed by atoms with Crippen LogP contribution >= 0.6 is 0 Å². The predicted octanol–water partition coefficient (Wildman–Crippen LogP) is 3.52. The number of nitro groups is 1. The van der Waals surface area contributed by atoms with E-state index in [4.69, 9.17) is 4.74 Å². The van der Waals surface area contributed by atoms with Crippen LogP contribution in [0.4, 0.5) is 10.1 Å². The Bertz CT molecular complexity index is 683.